The summed E-state index contributed by atoms with van der Waals surface area (Å²) in [5.74, 6) is 5.06. The second-order valence-electron chi connectivity index (χ2n) is 4.49. The van der Waals surface area contributed by atoms with Crippen molar-refractivity contribution in [2.24, 2.45) is 11.8 Å². The van der Waals surface area contributed by atoms with Crippen molar-refractivity contribution >= 4 is 11.8 Å². The molecule has 0 bridgehead atoms. The van der Waals surface area contributed by atoms with Gasteiger partial charge in [-0.2, -0.15) is 0 Å². The van der Waals surface area contributed by atoms with Crippen LogP contribution in [0.15, 0.2) is 0 Å². The summed E-state index contributed by atoms with van der Waals surface area (Å²) in [6, 6.07) is 0. The zero-order valence-corrected chi connectivity index (χ0v) is 10.6. The molecule has 6 heteroatoms. The fraction of sp³-hybridized carbons (Fsp3) is 0.818. The fourth-order valence-corrected chi connectivity index (χ4v) is 1.95. The number of nitrogens with zero attached hydrogens (tertiary/aromatic N) is 2. The molecule has 1 aliphatic rings. The highest BCUT2D eigenvalue weighted by molar-refractivity contribution is 5.80. The monoisotopic (exact) mass is 242 g/mol. The van der Waals surface area contributed by atoms with Gasteiger partial charge >= 0.3 is 0 Å². The van der Waals surface area contributed by atoms with Crippen LogP contribution in [0.2, 0.25) is 0 Å². The van der Waals surface area contributed by atoms with Crippen LogP contribution in [0.5, 0.6) is 0 Å². The number of nitrogens with two attached hydrogens (primary N) is 1. The fourth-order valence-electron chi connectivity index (χ4n) is 1.95. The van der Waals surface area contributed by atoms with E-state index in [1.54, 1.807) is 0 Å². The molecule has 1 saturated heterocycles. The van der Waals surface area contributed by atoms with Gasteiger partial charge in [0.1, 0.15) is 0 Å². The maximum atomic E-state index is 11.9. The van der Waals surface area contributed by atoms with Gasteiger partial charge in [-0.15, -0.1) is 0 Å². The molecular weight excluding hydrogens is 220 g/mol. The first-order valence-corrected chi connectivity index (χ1v) is 6.05. The van der Waals surface area contributed by atoms with Crippen LogP contribution in [0, 0.1) is 5.92 Å². The zero-order chi connectivity index (χ0) is 12.8. The van der Waals surface area contributed by atoms with Crippen LogP contribution < -0.4 is 11.3 Å². The Morgan fingerprint density at radius 3 is 2.47 bits per heavy atom. The van der Waals surface area contributed by atoms with Crippen LogP contribution in [0.4, 0.5) is 0 Å². The SMILES string of the molecule is CCN(C)CC(=O)N1CCC(C(=O)NN)CC1. The van der Waals surface area contributed by atoms with E-state index in [9.17, 15) is 9.59 Å². The van der Waals surface area contributed by atoms with Crippen molar-refractivity contribution in [1.82, 2.24) is 15.2 Å². The second kappa shape index (κ2) is 6.56. The van der Waals surface area contributed by atoms with E-state index in [0.29, 0.717) is 32.5 Å². The van der Waals surface area contributed by atoms with E-state index in [1.165, 1.54) is 0 Å². The first kappa shape index (κ1) is 13.9. The first-order chi connectivity index (χ1) is 8.08. The number of rotatable bonds is 4. The van der Waals surface area contributed by atoms with Gasteiger partial charge in [-0.05, 0) is 26.4 Å². The molecule has 1 rings (SSSR count). The highest BCUT2D eigenvalue weighted by Crippen LogP contribution is 2.17. The molecule has 0 spiro atoms. The largest absolute Gasteiger partial charge is 0.342 e. The Balaban J connectivity index is 2.36. The first-order valence-electron chi connectivity index (χ1n) is 6.05. The minimum absolute atomic E-state index is 0.0482. The highest BCUT2D eigenvalue weighted by Gasteiger charge is 2.26. The standard InChI is InChI=1S/C11H22N4O2/c1-3-14(2)8-10(16)15-6-4-9(5-7-15)11(17)13-12/h9H,3-8,12H2,1-2H3,(H,13,17). The van der Waals surface area contributed by atoms with E-state index >= 15 is 0 Å². The Labute approximate surface area is 102 Å². The van der Waals surface area contributed by atoms with E-state index in [-0.39, 0.29) is 17.7 Å². The summed E-state index contributed by atoms with van der Waals surface area (Å²) < 4.78 is 0. The third-order valence-corrected chi connectivity index (χ3v) is 3.31. The minimum atomic E-state index is -0.122. The van der Waals surface area contributed by atoms with Crippen LogP contribution in [0.1, 0.15) is 19.8 Å². The number of likely N-dealkylation sites (N-methyl/N-ethyl adjacent to an activating group) is 1. The predicted octanol–water partition coefficient (Wildman–Crippen LogP) is -0.833. The summed E-state index contributed by atoms with van der Waals surface area (Å²) >= 11 is 0. The lowest BCUT2D eigenvalue weighted by atomic mass is 9.96. The Morgan fingerprint density at radius 1 is 1.41 bits per heavy atom. The average molecular weight is 242 g/mol. The van der Waals surface area contributed by atoms with Crippen LogP contribution in [-0.2, 0) is 9.59 Å². The van der Waals surface area contributed by atoms with E-state index < -0.39 is 0 Å². The maximum Gasteiger partial charge on any atom is 0.237 e. The molecule has 1 fully saturated rings. The molecule has 0 atom stereocenters. The van der Waals surface area contributed by atoms with Gasteiger partial charge in [-0.1, -0.05) is 6.92 Å². The van der Waals surface area contributed by atoms with E-state index in [1.807, 2.05) is 23.8 Å². The molecule has 6 nitrogen and oxygen atoms in total. The number of likely N-dealkylation sites (tertiary alicyclic amines) is 1. The maximum absolute atomic E-state index is 11.9. The van der Waals surface area contributed by atoms with Crippen molar-refractivity contribution in [2.45, 2.75) is 19.8 Å². The van der Waals surface area contributed by atoms with Gasteiger partial charge in [0.05, 0.1) is 6.54 Å². The lowest BCUT2D eigenvalue weighted by molar-refractivity contribution is -0.136. The molecule has 1 heterocycles. The number of hydrogen-bond donors (Lipinski definition) is 2. The molecule has 1 aliphatic heterocycles. The van der Waals surface area contributed by atoms with Crippen LogP contribution in [0.25, 0.3) is 0 Å². The van der Waals surface area contributed by atoms with Gasteiger partial charge in [-0.3, -0.25) is 19.9 Å². The summed E-state index contributed by atoms with van der Waals surface area (Å²) in [6.07, 6.45) is 1.40. The van der Waals surface area contributed by atoms with Crippen LogP contribution in [-0.4, -0.2) is 54.8 Å². The highest BCUT2D eigenvalue weighted by atomic mass is 16.2. The van der Waals surface area contributed by atoms with E-state index in [4.69, 9.17) is 5.84 Å². The molecular formula is C11H22N4O2. The molecule has 0 radical (unpaired) electrons. The van der Waals surface area contributed by atoms with Gasteiger partial charge < -0.3 is 4.90 Å². The number of carbonyl (C=O) groups is 2. The zero-order valence-electron chi connectivity index (χ0n) is 10.6. The molecule has 17 heavy (non-hydrogen) atoms. The number of carbonyl (C=O) groups excluding carboxylic acids is 2. The van der Waals surface area contributed by atoms with Crippen molar-refractivity contribution in [3.63, 3.8) is 0 Å². The third kappa shape index (κ3) is 3.98. The summed E-state index contributed by atoms with van der Waals surface area (Å²) in [5, 5.41) is 0. The van der Waals surface area contributed by atoms with Crippen molar-refractivity contribution in [1.29, 1.82) is 0 Å². The average Bonchev–Trinajstić information content (AvgIpc) is 2.37. The summed E-state index contributed by atoms with van der Waals surface area (Å²) in [4.78, 5) is 27.0. The van der Waals surface area contributed by atoms with E-state index in [0.717, 1.165) is 6.54 Å². The number of hydrazine groups is 1. The molecule has 0 aromatic carbocycles. The van der Waals surface area contributed by atoms with Gasteiger partial charge in [0.25, 0.3) is 0 Å². The van der Waals surface area contributed by atoms with Crippen molar-refractivity contribution in [3.8, 4) is 0 Å². The smallest absolute Gasteiger partial charge is 0.237 e. The number of hydrogen-bond acceptors (Lipinski definition) is 4. The third-order valence-electron chi connectivity index (χ3n) is 3.31. The molecule has 0 unspecified atom stereocenters. The molecule has 2 amide bonds. The predicted molar refractivity (Wildman–Crippen MR) is 64.8 cm³/mol. The van der Waals surface area contributed by atoms with Gasteiger partial charge in [0.2, 0.25) is 11.8 Å². The Kier molecular flexibility index (Phi) is 5.37. The Morgan fingerprint density at radius 2 is 2.00 bits per heavy atom. The molecule has 3 N–H and O–H groups in total. The number of amides is 2. The van der Waals surface area contributed by atoms with E-state index in [2.05, 4.69) is 5.43 Å². The molecule has 98 valence electrons. The van der Waals surface area contributed by atoms with Gasteiger partial charge in [-0.25, -0.2) is 5.84 Å². The second-order valence-corrected chi connectivity index (χ2v) is 4.49. The molecule has 0 aromatic heterocycles. The topological polar surface area (TPSA) is 78.7 Å². The van der Waals surface area contributed by atoms with Crippen LogP contribution >= 0.6 is 0 Å². The van der Waals surface area contributed by atoms with Crippen molar-refractivity contribution in [3.05, 3.63) is 0 Å². The molecule has 0 saturated carbocycles. The number of piperidine rings is 1. The lowest BCUT2D eigenvalue weighted by Crippen LogP contribution is -2.46. The quantitative estimate of drug-likeness (QED) is 0.383. The van der Waals surface area contributed by atoms with Crippen molar-refractivity contribution in [2.75, 3.05) is 33.2 Å². The van der Waals surface area contributed by atoms with Crippen molar-refractivity contribution < 1.29 is 9.59 Å². The Hall–Kier alpha value is -1.14. The minimum Gasteiger partial charge on any atom is -0.342 e. The lowest BCUT2D eigenvalue weighted by Gasteiger charge is -2.32. The summed E-state index contributed by atoms with van der Waals surface area (Å²) in [7, 11) is 1.92. The summed E-state index contributed by atoms with van der Waals surface area (Å²) in [6.45, 7) is 4.62. The summed E-state index contributed by atoms with van der Waals surface area (Å²) in [5.41, 5.74) is 2.17. The van der Waals surface area contributed by atoms with Crippen LogP contribution in [0.3, 0.4) is 0 Å². The molecule has 0 aromatic rings. The van der Waals surface area contributed by atoms with Gasteiger partial charge in [0.15, 0.2) is 0 Å². The Bertz CT molecular complexity index is 275. The normalized spacial score (nSPS) is 17.3. The number of nitrogens with one attached hydrogen (secondary N) is 1. The molecule has 0 aliphatic carbocycles. The van der Waals surface area contributed by atoms with Gasteiger partial charge in [0, 0.05) is 19.0 Å².